The van der Waals surface area contributed by atoms with Gasteiger partial charge in [0, 0.05) is 11.6 Å². The standard InChI is InChI=1S/C20H19N3O3/c24-18(12-22-20(25)15-6-3-4-10-21-15)23-19(13-8-9-13)17-11-14-5-1-2-7-16(14)26-17/h1-7,10-11,13,19H,8-9,12H2,(H,22,25)(H,23,24)/t19-/m1/s1. The number of aromatic nitrogens is 1. The van der Waals surface area contributed by atoms with Crippen molar-refractivity contribution in [2.45, 2.75) is 18.9 Å². The molecule has 1 aromatic carbocycles. The van der Waals surface area contributed by atoms with Gasteiger partial charge >= 0.3 is 0 Å². The fraction of sp³-hybridized carbons (Fsp3) is 0.250. The van der Waals surface area contributed by atoms with E-state index in [9.17, 15) is 9.59 Å². The van der Waals surface area contributed by atoms with Gasteiger partial charge < -0.3 is 15.1 Å². The fourth-order valence-electron chi connectivity index (χ4n) is 2.98. The van der Waals surface area contributed by atoms with Crippen LogP contribution in [0.2, 0.25) is 0 Å². The third-order valence-electron chi connectivity index (χ3n) is 4.47. The van der Waals surface area contributed by atoms with Gasteiger partial charge in [-0.2, -0.15) is 0 Å². The summed E-state index contributed by atoms with van der Waals surface area (Å²) in [7, 11) is 0. The molecule has 26 heavy (non-hydrogen) atoms. The second-order valence-electron chi connectivity index (χ2n) is 6.47. The summed E-state index contributed by atoms with van der Waals surface area (Å²) in [5, 5.41) is 6.61. The van der Waals surface area contributed by atoms with Crippen molar-refractivity contribution in [2.24, 2.45) is 5.92 Å². The van der Waals surface area contributed by atoms with Crippen molar-refractivity contribution < 1.29 is 14.0 Å². The highest BCUT2D eigenvalue weighted by Crippen LogP contribution is 2.42. The van der Waals surface area contributed by atoms with Gasteiger partial charge in [0.1, 0.15) is 17.0 Å². The lowest BCUT2D eigenvalue weighted by atomic mass is 10.1. The zero-order valence-corrected chi connectivity index (χ0v) is 14.1. The quantitative estimate of drug-likeness (QED) is 0.717. The van der Waals surface area contributed by atoms with Gasteiger partial charge in [-0.15, -0.1) is 0 Å². The lowest BCUT2D eigenvalue weighted by molar-refractivity contribution is -0.121. The van der Waals surface area contributed by atoms with Gasteiger partial charge in [-0.3, -0.25) is 14.6 Å². The Morgan fingerprint density at radius 2 is 1.96 bits per heavy atom. The molecule has 2 aromatic heterocycles. The molecule has 2 amide bonds. The van der Waals surface area contributed by atoms with Crippen LogP contribution in [0.5, 0.6) is 0 Å². The first-order valence-electron chi connectivity index (χ1n) is 8.68. The molecule has 4 rings (SSSR count). The lowest BCUT2D eigenvalue weighted by Crippen LogP contribution is -2.39. The van der Waals surface area contributed by atoms with Crippen molar-refractivity contribution in [3.63, 3.8) is 0 Å². The molecule has 0 bridgehead atoms. The van der Waals surface area contributed by atoms with Crippen molar-refractivity contribution >= 4 is 22.8 Å². The molecule has 1 saturated carbocycles. The number of furan rings is 1. The predicted molar refractivity (Wildman–Crippen MR) is 96.4 cm³/mol. The van der Waals surface area contributed by atoms with Gasteiger partial charge in [0.25, 0.3) is 5.91 Å². The van der Waals surface area contributed by atoms with Gasteiger partial charge in [0.15, 0.2) is 0 Å². The number of fused-ring (bicyclic) bond motifs is 1. The molecule has 132 valence electrons. The number of benzene rings is 1. The average molecular weight is 349 g/mol. The molecule has 0 saturated heterocycles. The SMILES string of the molecule is O=C(CNC(=O)c1ccccn1)N[C@@H](c1cc2ccccc2o1)C1CC1. The summed E-state index contributed by atoms with van der Waals surface area (Å²) in [6.07, 6.45) is 3.66. The summed E-state index contributed by atoms with van der Waals surface area (Å²) in [6.45, 7) is -0.0984. The molecule has 1 aliphatic rings. The van der Waals surface area contributed by atoms with E-state index < -0.39 is 0 Å². The zero-order valence-electron chi connectivity index (χ0n) is 14.1. The normalized spacial score (nSPS) is 14.8. The summed E-state index contributed by atoms with van der Waals surface area (Å²) >= 11 is 0. The van der Waals surface area contributed by atoms with Gasteiger partial charge in [0.05, 0.1) is 12.6 Å². The van der Waals surface area contributed by atoms with E-state index in [-0.39, 0.29) is 30.1 Å². The van der Waals surface area contributed by atoms with Crippen LogP contribution in [0, 0.1) is 5.92 Å². The Morgan fingerprint density at radius 1 is 1.15 bits per heavy atom. The van der Waals surface area contributed by atoms with Crippen LogP contribution in [-0.4, -0.2) is 23.3 Å². The van der Waals surface area contributed by atoms with Crippen molar-refractivity contribution in [1.82, 2.24) is 15.6 Å². The smallest absolute Gasteiger partial charge is 0.270 e. The molecule has 1 aliphatic carbocycles. The number of amides is 2. The molecule has 1 atom stereocenters. The molecule has 6 nitrogen and oxygen atoms in total. The molecular formula is C20H19N3O3. The third-order valence-corrected chi connectivity index (χ3v) is 4.47. The third kappa shape index (κ3) is 3.59. The second-order valence-corrected chi connectivity index (χ2v) is 6.47. The maximum absolute atomic E-state index is 12.3. The van der Waals surface area contributed by atoms with Crippen LogP contribution in [0.1, 0.15) is 35.1 Å². The minimum Gasteiger partial charge on any atom is -0.459 e. The Morgan fingerprint density at radius 3 is 2.69 bits per heavy atom. The topological polar surface area (TPSA) is 84.2 Å². The maximum Gasteiger partial charge on any atom is 0.270 e. The summed E-state index contributed by atoms with van der Waals surface area (Å²) in [5.41, 5.74) is 1.10. The van der Waals surface area contributed by atoms with Gasteiger partial charge in [-0.25, -0.2) is 0 Å². The lowest BCUT2D eigenvalue weighted by Gasteiger charge is -2.16. The first kappa shape index (κ1) is 16.3. The highest BCUT2D eigenvalue weighted by Gasteiger charge is 2.35. The van der Waals surface area contributed by atoms with Gasteiger partial charge in [-0.1, -0.05) is 24.3 Å². The minimum absolute atomic E-state index is 0.0984. The van der Waals surface area contributed by atoms with Crippen LogP contribution < -0.4 is 10.6 Å². The number of nitrogens with zero attached hydrogens (tertiary/aromatic N) is 1. The number of rotatable bonds is 6. The Hall–Kier alpha value is -3.15. The summed E-state index contributed by atoms with van der Waals surface area (Å²) in [4.78, 5) is 28.3. The fourth-order valence-corrected chi connectivity index (χ4v) is 2.98. The van der Waals surface area contributed by atoms with E-state index in [0.29, 0.717) is 5.92 Å². The van der Waals surface area contributed by atoms with E-state index in [1.165, 1.54) is 0 Å². The highest BCUT2D eigenvalue weighted by atomic mass is 16.3. The predicted octanol–water partition coefficient (Wildman–Crippen LogP) is 2.83. The van der Waals surface area contributed by atoms with Crippen LogP contribution >= 0.6 is 0 Å². The Bertz CT molecular complexity index is 899. The molecule has 0 aliphatic heterocycles. The van der Waals surface area contributed by atoms with E-state index in [0.717, 1.165) is 29.6 Å². The Labute approximate surface area is 150 Å². The molecule has 6 heteroatoms. The monoisotopic (exact) mass is 349 g/mol. The van der Waals surface area contributed by atoms with Crippen LogP contribution in [0.3, 0.4) is 0 Å². The molecule has 0 radical (unpaired) electrons. The zero-order chi connectivity index (χ0) is 17.9. The highest BCUT2D eigenvalue weighted by molar-refractivity contribution is 5.94. The van der Waals surface area contributed by atoms with Crippen molar-refractivity contribution in [2.75, 3.05) is 6.54 Å². The van der Waals surface area contributed by atoms with Crippen LogP contribution in [0.4, 0.5) is 0 Å². The van der Waals surface area contributed by atoms with E-state index in [4.69, 9.17) is 4.42 Å². The molecule has 2 heterocycles. The second kappa shape index (κ2) is 7.00. The van der Waals surface area contributed by atoms with E-state index in [1.54, 1.807) is 24.4 Å². The largest absolute Gasteiger partial charge is 0.459 e. The van der Waals surface area contributed by atoms with Crippen molar-refractivity contribution in [1.29, 1.82) is 0 Å². The maximum atomic E-state index is 12.3. The number of pyridine rings is 1. The number of carbonyl (C=O) groups excluding carboxylic acids is 2. The number of hydrogen-bond acceptors (Lipinski definition) is 4. The molecule has 2 N–H and O–H groups in total. The van der Waals surface area contributed by atoms with E-state index >= 15 is 0 Å². The van der Waals surface area contributed by atoms with Gasteiger partial charge in [-0.05, 0) is 43.0 Å². The number of carbonyl (C=O) groups is 2. The molecule has 1 fully saturated rings. The van der Waals surface area contributed by atoms with Gasteiger partial charge in [0.2, 0.25) is 5.91 Å². The summed E-state index contributed by atoms with van der Waals surface area (Å²) < 4.78 is 5.92. The molecular weight excluding hydrogens is 330 g/mol. The van der Waals surface area contributed by atoms with Crippen LogP contribution in [0.25, 0.3) is 11.0 Å². The Balaban J connectivity index is 1.40. The molecule has 0 spiro atoms. The minimum atomic E-state index is -0.368. The first-order valence-corrected chi connectivity index (χ1v) is 8.68. The summed E-state index contributed by atoms with van der Waals surface area (Å²) in [6, 6.07) is 14.7. The number of para-hydroxylation sites is 1. The number of nitrogens with one attached hydrogen (secondary N) is 2. The van der Waals surface area contributed by atoms with Crippen molar-refractivity contribution in [3.8, 4) is 0 Å². The number of hydrogen-bond donors (Lipinski definition) is 2. The molecule has 3 aromatic rings. The average Bonchev–Trinajstić information content (AvgIpc) is 3.42. The Kier molecular flexibility index (Phi) is 4.39. The summed E-state index contributed by atoms with van der Waals surface area (Å²) in [5.74, 6) is 0.531. The van der Waals surface area contributed by atoms with Crippen molar-refractivity contribution in [3.05, 3.63) is 66.2 Å². The van der Waals surface area contributed by atoms with Crippen LogP contribution in [0.15, 0.2) is 59.1 Å². The van der Waals surface area contributed by atoms with Crippen LogP contribution in [-0.2, 0) is 4.79 Å². The molecule has 0 unspecified atom stereocenters. The van der Waals surface area contributed by atoms with E-state index in [1.807, 2.05) is 30.3 Å². The van der Waals surface area contributed by atoms with E-state index in [2.05, 4.69) is 15.6 Å². The first-order chi connectivity index (χ1) is 12.7.